The molecule has 0 aliphatic carbocycles. The maximum Gasteiger partial charge on any atom is 0.00719 e. The zero-order chi connectivity index (χ0) is 12.8. The molecular weight excluding hydrogens is 238 g/mol. The molecular formula is C16H25NS. The first kappa shape index (κ1) is 14.0. The Morgan fingerprint density at radius 3 is 2.44 bits per heavy atom. The second-order valence-corrected chi connectivity index (χ2v) is 6.89. The molecule has 18 heavy (non-hydrogen) atoms. The Labute approximate surface area is 116 Å². The molecule has 0 N–H and O–H groups in total. The van der Waals surface area contributed by atoms with Gasteiger partial charge in [-0.3, -0.25) is 0 Å². The summed E-state index contributed by atoms with van der Waals surface area (Å²) < 4.78 is 0. The molecule has 0 unspecified atom stereocenters. The topological polar surface area (TPSA) is 3.24 Å². The Kier molecular flexibility index (Phi) is 5.58. The van der Waals surface area contributed by atoms with Crippen molar-refractivity contribution < 1.29 is 0 Å². The van der Waals surface area contributed by atoms with E-state index in [-0.39, 0.29) is 0 Å². The fraction of sp³-hybridized carbons (Fsp3) is 0.625. The van der Waals surface area contributed by atoms with Crippen LogP contribution in [-0.2, 0) is 0 Å². The lowest BCUT2D eigenvalue weighted by molar-refractivity contribution is 0.141. The molecule has 2 atom stereocenters. The van der Waals surface area contributed by atoms with Crippen LogP contribution >= 0.6 is 11.8 Å². The van der Waals surface area contributed by atoms with Crippen LogP contribution in [0.4, 0.5) is 0 Å². The molecule has 2 heteroatoms. The minimum atomic E-state index is 0.885. The first-order valence-electron chi connectivity index (χ1n) is 7.14. The molecule has 2 rings (SSSR count). The molecule has 1 nitrogen and oxygen atoms in total. The molecule has 0 spiro atoms. The molecule has 1 aromatic rings. The summed E-state index contributed by atoms with van der Waals surface area (Å²) in [6.45, 7) is 8.66. The number of hydrogen-bond acceptors (Lipinski definition) is 2. The van der Waals surface area contributed by atoms with Gasteiger partial charge in [-0.2, -0.15) is 0 Å². The minimum absolute atomic E-state index is 0.885. The Morgan fingerprint density at radius 1 is 1.11 bits per heavy atom. The van der Waals surface area contributed by atoms with Gasteiger partial charge in [-0.15, -0.1) is 11.8 Å². The lowest BCUT2D eigenvalue weighted by Crippen LogP contribution is -2.39. The van der Waals surface area contributed by atoms with E-state index >= 15 is 0 Å². The highest BCUT2D eigenvalue weighted by Crippen LogP contribution is 2.22. The van der Waals surface area contributed by atoms with E-state index in [0.717, 1.165) is 11.8 Å². The number of benzene rings is 1. The Balaban J connectivity index is 1.63. The largest absolute Gasteiger partial charge is 0.303 e. The average Bonchev–Trinajstić information content (AvgIpc) is 2.35. The number of hydrogen-bond donors (Lipinski definition) is 0. The molecule has 0 bridgehead atoms. The Hall–Kier alpha value is -0.470. The van der Waals surface area contributed by atoms with Gasteiger partial charge >= 0.3 is 0 Å². The van der Waals surface area contributed by atoms with E-state index in [2.05, 4.69) is 49.1 Å². The summed E-state index contributed by atoms with van der Waals surface area (Å²) in [4.78, 5) is 4.06. The molecule has 1 saturated heterocycles. The predicted molar refractivity (Wildman–Crippen MR) is 81.2 cm³/mol. The summed E-state index contributed by atoms with van der Waals surface area (Å²) in [5, 5.41) is 0. The maximum absolute atomic E-state index is 2.66. The summed E-state index contributed by atoms with van der Waals surface area (Å²) in [6, 6.07) is 10.7. The van der Waals surface area contributed by atoms with Gasteiger partial charge in [0, 0.05) is 18.0 Å². The van der Waals surface area contributed by atoms with E-state index in [0.29, 0.717) is 0 Å². The SMILES string of the molecule is C[C@@H]1C[C@H](C)CN(CCCSc2ccccc2)C1. The molecule has 1 aliphatic heterocycles. The van der Waals surface area contributed by atoms with Crippen LogP contribution in [0, 0.1) is 11.8 Å². The zero-order valence-electron chi connectivity index (χ0n) is 11.6. The van der Waals surface area contributed by atoms with Gasteiger partial charge in [0.2, 0.25) is 0 Å². The van der Waals surface area contributed by atoms with Gasteiger partial charge in [-0.1, -0.05) is 32.0 Å². The normalized spacial score (nSPS) is 25.2. The van der Waals surface area contributed by atoms with Gasteiger partial charge in [0.1, 0.15) is 0 Å². The molecule has 1 fully saturated rings. The van der Waals surface area contributed by atoms with Gasteiger partial charge in [0.15, 0.2) is 0 Å². The average molecular weight is 263 g/mol. The van der Waals surface area contributed by atoms with E-state index < -0.39 is 0 Å². The number of thioether (sulfide) groups is 1. The van der Waals surface area contributed by atoms with Gasteiger partial charge in [-0.25, -0.2) is 0 Å². The Morgan fingerprint density at radius 2 is 1.78 bits per heavy atom. The summed E-state index contributed by atoms with van der Waals surface area (Å²) in [6.07, 6.45) is 2.72. The third kappa shape index (κ3) is 4.66. The quantitative estimate of drug-likeness (QED) is 0.580. The van der Waals surface area contributed by atoms with Gasteiger partial charge in [-0.05, 0) is 49.1 Å². The van der Waals surface area contributed by atoms with Gasteiger partial charge < -0.3 is 4.90 Å². The van der Waals surface area contributed by atoms with Gasteiger partial charge in [0.05, 0.1) is 0 Å². The molecule has 1 aliphatic rings. The predicted octanol–water partition coefficient (Wildman–Crippen LogP) is 4.15. The van der Waals surface area contributed by atoms with E-state index in [1.54, 1.807) is 0 Å². The van der Waals surface area contributed by atoms with Crippen molar-refractivity contribution in [3.8, 4) is 0 Å². The van der Waals surface area contributed by atoms with Crippen molar-refractivity contribution in [1.82, 2.24) is 4.90 Å². The van der Waals surface area contributed by atoms with E-state index in [1.165, 1.54) is 43.1 Å². The maximum atomic E-state index is 2.66. The molecule has 0 amide bonds. The fourth-order valence-electron chi connectivity index (χ4n) is 2.97. The van der Waals surface area contributed by atoms with Crippen molar-refractivity contribution in [2.75, 3.05) is 25.4 Å². The van der Waals surface area contributed by atoms with E-state index in [1.807, 2.05) is 11.8 Å². The van der Waals surface area contributed by atoms with Crippen molar-refractivity contribution in [1.29, 1.82) is 0 Å². The van der Waals surface area contributed by atoms with Crippen LogP contribution in [0.2, 0.25) is 0 Å². The number of nitrogens with zero attached hydrogens (tertiary/aromatic N) is 1. The molecule has 0 saturated carbocycles. The third-order valence-electron chi connectivity index (χ3n) is 3.58. The van der Waals surface area contributed by atoms with E-state index in [9.17, 15) is 0 Å². The lowest BCUT2D eigenvalue weighted by Gasteiger charge is -2.34. The van der Waals surface area contributed by atoms with Crippen molar-refractivity contribution in [2.45, 2.75) is 31.6 Å². The monoisotopic (exact) mass is 263 g/mol. The molecule has 1 aromatic carbocycles. The standard InChI is InChI=1S/C16H25NS/c1-14-11-15(2)13-17(12-14)9-6-10-18-16-7-4-3-5-8-16/h3-5,7-8,14-15H,6,9-13H2,1-2H3/t14-,15+. The minimum Gasteiger partial charge on any atom is -0.303 e. The molecule has 100 valence electrons. The second kappa shape index (κ2) is 7.20. The van der Waals surface area contributed by atoms with E-state index in [4.69, 9.17) is 0 Å². The third-order valence-corrected chi connectivity index (χ3v) is 4.67. The summed E-state index contributed by atoms with van der Waals surface area (Å²) in [7, 11) is 0. The van der Waals surface area contributed by atoms with Crippen LogP contribution in [-0.4, -0.2) is 30.3 Å². The van der Waals surface area contributed by atoms with Crippen molar-refractivity contribution in [3.63, 3.8) is 0 Å². The van der Waals surface area contributed by atoms with Crippen molar-refractivity contribution in [3.05, 3.63) is 30.3 Å². The van der Waals surface area contributed by atoms with Crippen LogP contribution in [0.25, 0.3) is 0 Å². The lowest BCUT2D eigenvalue weighted by atomic mass is 9.92. The first-order valence-corrected chi connectivity index (χ1v) is 8.13. The van der Waals surface area contributed by atoms with Crippen LogP contribution < -0.4 is 0 Å². The second-order valence-electron chi connectivity index (χ2n) is 5.72. The molecule has 0 aromatic heterocycles. The highest BCUT2D eigenvalue weighted by atomic mass is 32.2. The van der Waals surface area contributed by atoms with Gasteiger partial charge in [0.25, 0.3) is 0 Å². The summed E-state index contributed by atoms with van der Waals surface area (Å²) >= 11 is 1.98. The molecule has 1 heterocycles. The fourth-order valence-corrected chi connectivity index (χ4v) is 3.83. The number of piperidine rings is 1. The van der Waals surface area contributed by atoms with Crippen LogP contribution in [0.15, 0.2) is 35.2 Å². The van der Waals surface area contributed by atoms with Crippen LogP contribution in [0.3, 0.4) is 0 Å². The summed E-state index contributed by atoms with van der Waals surface area (Å²) in [5.41, 5.74) is 0. The zero-order valence-corrected chi connectivity index (χ0v) is 12.5. The highest BCUT2D eigenvalue weighted by molar-refractivity contribution is 7.99. The summed E-state index contributed by atoms with van der Waals surface area (Å²) in [5.74, 6) is 3.01. The smallest absolute Gasteiger partial charge is 0.00719 e. The van der Waals surface area contributed by atoms with Crippen LogP contribution in [0.1, 0.15) is 26.7 Å². The molecule has 0 radical (unpaired) electrons. The van der Waals surface area contributed by atoms with Crippen LogP contribution in [0.5, 0.6) is 0 Å². The first-order chi connectivity index (χ1) is 8.74. The number of likely N-dealkylation sites (tertiary alicyclic amines) is 1. The number of rotatable bonds is 5. The Bertz CT molecular complexity index is 328. The van der Waals surface area contributed by atoms with Crippen molar-refractivity contribution >= 4 is 11.8 Å². The highest BCUT2D eigenvalue weighted by Gasteiger charge is 2.20. The van der Waals surface area contributed by atoms with Crippen molar-refractivity contribution in [2.24, 2.45) is 11.8 Å².